The van der Waals surface area contributed by atoms with Crippen LogP contribution in [0.15, 0.2) is 12.2 Å². The summed E-state index contributed by atoms with van der Waals surface area (Å²) in [4.78, 5) is 19.4. The van der Waals surface area contributed by atoms with Crippen molar-refractivity contribution in [3.8, 4) is 0 Å². The van der Waals surface area contributed by atoms with Gasteiger partial charge in [-0.2, -0.15) is 0 Å². The maximum absolute atomic E-state index is 9.78. The standard InChI is InChI=1S/C4H5NO3.Na.H/c5-3(6)1-2-4(7)8;;/h1-2H,(H2,5,6)(H,7,8);;/q;+1;-1/b2-1-;;. The van der Waals surface area contributed by atoms with Crippen LogP contribution in [0.1, 0.15) is 1.43 Å². The maximum atomic E-state index is 9.78. The number of carboxylic acids is 1. The van der Waals surface area contributed by atoms with Crippen LogP contribution in [0.2, 0.25) is 0 Å². The zero-order chi connectivity index (χ0) is 6.57. The zero-order valence-corrected chi connectivity index (χ0v) is 7.00. The number of carboxylic acid groups (broad SMARTS) is 1. The molecule has 0 aromatic heterocycles. The van der Waals surface area contributed by atoms with Gasteiger partial charge in [0.1, 0.15) is 0 Å². The molecule has 0 aromatic rings. The van der Waals surface area contributed by atoms with Crippen LogP contribution >= 0.6 is 0 Å². The quantitative estimate of drug-likeness (QED) is 0.304. The Hall–Kier alpha value is -0.320. The molecule has 0 spiro atoms. The van der Waals surface area contributed by atoms with Gasteiger partial charge in [-0.3, -0.25) is 4.79 Å². The van der Waals surface area contributed by atoms with Crippen LogP contribution in [0.25, 0.3) is 0 Å². The minimum absolute atomic E-state index is 0. The molecule has 0 bridgehead atoms. The van der Waals surface area contributed by atoms with Crippen molar-refractivity contribution in [2.75, 3.05) is 0 Å². The average Bonchev–Trinajstić information content (AvgIpc) is 1.61. The molecule has 0 aliphatic rings. The predicted octanol–water partition coefficient (Wildman–Crippen LogP) is -3.77. The molecular formula is C4H6NNaO3. The van der Waals surface area contributed by atoms with Crippen molar-refractivity contribution in [2.24, 2.45) is 5.73 Å². The summed E-state index contributed by atoms with van der Waals surface area (Å²) in [6.45, 7) is 0. The number of primary amides is 1. The van der Waals surface area contributed by atoms with Crippen LogP contribution < -0.4 is 35.3 Å². The second-order valence-electron chi connectivity index (χ2n) is 1.07. The van der Waals surface area contributed by atoms with E-state index < -0.39 is 11.9 Å². The molecule has 9 heavy (non-hydrogen) atoms. The topological polar surface area (TPSA) is 80.4 Å². The van der Waals surface area contributed by atoms with Gasteiger partial charge >= 0.3 is 35.5 Å². The van der Waals surface area contributed by atoms with Crippen molar-refractivity contribution in [3.63, 3.8) is 0 Å². The summed E-state index contributed by atoms with van der Waals surface area (Å²) in [6.07, 6.45) is 1.46. The van der Waals surface area contributed by atoms with E-state index in [0.29, 0.717) is 6.08 Å². The van der Waals surface area contributed by atoms with Gasteiger partial charge in [0.2, 0.25) is 5.91 Å². The Morgan fingerprint density at radius 1 is 1.44 bits per heavy atom. The van der Waals surface area contributed by atoms with E-state index >= 15 is 0 Å². The van der Waals surface area contributed by atoms with E-state index in [2.05, 4.69) is 5.73 Å². The Morgan fingerprint density at radius 3 is 2.00 bits per heavy atom. The van der Waals surface area contributed by atoms with E-state index in [4.69, 9.17) is 5.11 Å². The second kappa shape index (κ2) is 5.81. The molecule has 0 aromatic carbocycles. The SMILES string of the molecule is NC(=O)/C=C\C(=O)O.[H-].[Na+]. The summed E-state index contributed by atoms with van der Waals surface area (Å²) < 4.78 is 0. The maximum Gasteiger partial charge on any atom is 1.00 e. The normalized spacial score (nSPS) is 8.44. The molecule has 0 atom stereocenters. The van der Waals surface area contributed by atoms with E-state index in [-0.39, 0.29) is 31.0 Å². The zero-order valence-electron chi connectivity index (χ0n) is 6.00. The van der Waals surface area contributed by atoms with Crippen LogP contribution in [0.4, 0.5) is 0 Å². The largest absolute Gasteiger partial charge is 1.00 e. The number of amides is 1. The fraction of sp³-hybridized carbons (Fsp3) is 0. The Bertz CT molecular complexity index is 131. The number of hydrogen-bond donors (Lipinski definition) is 2. The number of carbonyl (C=O) groups excluding carboxylic acids is 1. The van der Waals surface area contributed by atoms with Gasteiger partial charge in [-0.1, -0.05) is 0 Å². The molecule has 4 nitrogen and oxygen atoms in total. The molecule has 0 fully saturated rings. The Kier molecular flexibility index (Phi) is 7.41. The molecule has 5 heteroatoms. The first kappa shape index (κ1) is 11.5. The van der Waals surface area contributed by atoms with E-state index in [1.54, 1.807) is 0 Å². The summed E-state index contributed by atoms with van der Waals surface area (Å²) in [5.74, 6) is -1.93. The fourth-order valence-corrected chi connectivity index (χ4v) is 0.153. The average molecular weight is 139 g/mol. The van der Waals surface area contributed by atoms with Crippen molar-refractivity contribution in [1.82, 2.24) is 0 Å². The molecule has 0 radical (unpaired) electrons. The van der Waals surface area contributed by atoms with Crippen LogP contribution in [0.5, 0.6) is 0 Å². The summed E-state index contributed by atoms with van der Waals surface area (Å²) in [7, 11) is 0. The third-order valence-electron chi connectivity index (χ3n) is 0.390. The first-order valence-corrected chi connectivity index (χ1v) is 1.83. The van der Waals surface area contributed by atoms with Gasteiger partial charge in [0.25, 0.3) is 0 Å². The van der Waals surface area contributed by atoms with Gasteiger partial charge < -0.3 is 12.3 Å². The van der Waals surface area contributed by atoms with Gasteiger partial charge in [0, 0.05) is 12.2 Å². The Balaban J connectivity index is -0.000000245. The summed E-state index contributed by atoms with van der Waals surface area (Å²) in [5.41, 5.74) is 4.55. The molecule has 46 valence electrons. The van der Waals surface area contributed by atoms with Gasteiger partial charge in [-0.25, -0.2) is 4.79 Å². The minimum Gasteiger partial charge on any atom is -1.00 e. The first-order chi connectivity index (χ1) is 3.63. The van der Waals surface area contributed by atoms with Crippen molar-refractivity contribution in [3.05, 3.63) is 12.2 Å². The number of nitrogens with two attached hydrogens (primary N) is 1. The Labute approximate surface area is 75.5 Å². The number of aliphatic carboxylic acids is 1. The van der Waals surface area contributed by atoms with Gasteiger partial charge in [0.05, 0.1) is 0 Å². The van der Waals surface area contributed by atoms with Gasteiger partial charge in [-0.05, 0) is 0 Å². The summed E-state index contributed by atoms with van der Waals surface area (Å²) in [5, 5.41) is 7.87. The molecule has 0 aliphatic carbocycles. The first-order valence-electron chi connectivity index (χ1n) is 1.83. The molecule has 1 amide bonds. The van der Waals surface area contributed by atoms with Gasteiger partial charge in [-0.15, -0.1) is 0 Å². The molecule has 0 saturated heterocycles. The van der Waals surface area contributed by atoms with Gasteiger partial charge in [0.15, 0.2) is 0 Å². The van der Waals surface area contributed by atoms with Crippen LogP contribution in [0.3, 0.4) is 0 Å². The summed E-state index contributed by atoms with van der Waals surface area (Å²) >= 11 is 0. The van der Waals surface area contributed by atoms with Crippen LogP contribution in [-0.2, 0) is 9.59 Å². The molecule has 3 N–H and O–H groups in total. The third-order valence-corrected chi connectivity index (χ3v) is 0.390. The molecule has 0 heterocycles. The number of rotatable bonds is 2. The van der Waals surface area contributed by atoms with Crippen molar-refractivity contribution < 1.29 is 45.7 Å². The van der Waals surface area contributed by atoms with Crippen molar-refractivity contribution in [2.45, 2.75) is 0 Å². The van der Waals surface area contributed by atoms with Crippen molar-refractivity contribution >= 4 is 11.9 Å². The molecule has 0 aliphatic heterocycles. The predicted molar refractivity (Wildman–Crippen MR) is 27.1 cm³/mol. The van der Waals surface area contributed by atoms with E-state index in [1.165, 1.54) is 0 Å². The molecule has 0 saturated carbocycles. The Morgan fingerprint density at radius 2 is 1.89 bits per heavy atom. The monoisotopic (exact) mass is 139 g/mol. The molecular weight excluding hydrogens is 133 g/mol. The van der Waals surface area contributed by atoms with Crippen LogP contribution in [-0.4, -0.2) is 17.0 Å². The van der Waals surface area contributed by atoms with E-state index in [1.807, 2.05) is 0 Å². The second-order valence-corrected chi connectivity index (χ2v) is 1.07. The fourth-order valence-electron chi connectivity index (χ4n) is 0.153. The van der Waals surface area contributed by atoms with Crippen LogP contribution in [0, 0.1) is 0 Å². The van der Waals surface area contributed by atoms with E-state index in [0.717, 1.165) is 6.08 Å². The molecule has 0 rings (SSSR count). The smallest absolute Gasteiger partial charge is 1.00 e. The van der Waals surface area contributed by atoms with E-state index in [9.17, 15) is 9.59 Å². The third kappa shape index (κ3) is 11.3. The summed E-state index contributed by atoms with van der Waals surface area (Å²) in [6, 6.07) is 0. The number of carbonyl (C=O) groups is 2. The minimum atomic E-state index is -1.18. The number of hydrogen-bond acceptors (Lipinski definition) is 2. The molecule has 0 unspecified atom stereocenters. The van der Waals surface area contributed by atoms with Crippen molar-refractivity contribution in [1.29, 1.82) is 0 Å².